The number of nitrogens with one attached hydrogen (secondary N) is 1. The number of amides is 1. The van der Waals surface area contributed by atoms with Crippen molar-refractivity contribution >= 4 is 16.8 Å². The van der Waals surface area contributed by atoms with Crippen molar-refractivity contribution in [1.29, 1.82) is 0 Å². The average Bonchev–Trinajstić information content (AvgIpc) is 3.32. The van der Waals surface area contributed by atoms with Crippen molar-refractivity contribution in [1.82, 2.24) is 20.1 Å². The molecule has 2 heterocycles. The van der Waals surface area contributed by atoms with Crippen molar-refractivity contribution in [3.8, 4) is 22.7 Å². The molecule has 0 radical (unpaired) electrons. The second-order valence-corrected chi connectivity index (χ2v) is 9.40. The van der Waals surface area contributed by atoms with E-state index in [4.69, 9.17) is 9.72 Å². The third-order valence-corrected chi connectivity index (χ3v) is 6.66. The Morgan fingerprint density at radius 3 is 2.43 bits per heavy atom. The van der Waals surface area contributed by atoms with E-state index in [1.807, 2.05) is 72.4 Å². The second-order valence-electron chi connectivity index (χ2n) is 9.40. The third-order valence-electron chi connectivity index (χ3n) is 6.66. The summed E-state index contributed by atoms with van der Waals surface area (Å²) in [7, 11) is 1.64. The minimum absolute atomic E-state index is 0.148. The number of nitrogens with zero attached hydrogens (tertiary/aromatic N) is 3. The van der Waals surface area contributed by atoms with Gasteiger partial charge in [0.05, 0.1) is 41.5 Å². The molecule has 37 heavy (non-hydrogen) atoms. The zero-order valence-electron chi connectivity index (χ0n) is 21.5. The van der Waals surface area contributed by atoms with Crippen molar-refractivity contribution in [2.75, 3.05) is 7.11 Å². The van der Waals surface area contributed by atoms with Gasteiger partial charge in [-0.05, 0) is 60.4 Å². The predicted molar refractivity (Wildman–Crippen MR) is 147 cm³/mol. The Labute approximate surface area is 216 Å². The first-order chi connectivity index (χ1) is 17.9. The fourth-order valence-corrected chi connectivity index (χ4v) is 4.44. The number of methoxy groups -OCH3 is 1. The first-order valence-electron chi connectivity index (χ1n) is 12.4. The zero-order valence-corrected chi connectivity index (χ0v) is 21.5. The summed E-state index contributed by atoms with van der Waals surface area (Å²) in [6, 6.07) is 25.7. The van der Waals surface area contributed by atoms with Gasteiger partial charge < -0.3 is 10.1 Å². The molecule has 0 unspecified atom stereocenters. The lowest BCUT2D eigenvalue weighted by atomic mass is 10.0. The molecular weight excluding hydrogens is 460 g/mol. The largest absolute Gasteiger partial charge is 0.497 e. The van der Waals surface area contributed by atoms with E-state index < -0.39 is 0 Å². The van der Waals surface area contributed by atoms with Crippen molar-refractivity contribution in [3.05, 3.63) is 107 Å². The summed E-state index contributed by atoms with van der Waals surface area (Å²) >= 11 is 0. The van der Waals surface area contributed by atoms with E-state index in [0.29, 0.717) is 18.0 Å². The molecule has 1 amide bonds. The van der Waals surface area contributed by atoms with Gasteiger partial charge in [0.15, 0.2) is 0 Å². The smallest absolute Gasteiger partial charge is 0.252 e. The Morgan fingerprint density at radius 1 is 1.00 bits per heavy atom. The molecule has 6 heteroatoms. The number of ether oxygens (including phenoxy) is 1. The number of carbonyl (C=O) groups is 1. The lowest BCUT2D eigenvalue weighted by Gasteiger charge is -2.12. The van der Waals surface area contributed by atoms with Gasteiger partial charge in [0.25, 0.3) is 5.91 Å². The molecule has 186 valence electrons. The average molecular weight is 491 g/mol. The zero-order chi connectivity index (χ0) is 25.9. The Hall–Kier alpha value is -4.45. The minimum atomic E-state index is -0.148. The topological polar surface area (TPSA) is 69.0 Å². The third kappa shape index (κ3) is 4.96. The minimum Gasteiger partial charge on any atom is -0.497 e. The number of aromatic nitrogens is 3. The number of hydrogen-bond donors (Lipinski definition) is 1. The van der Waals surface area contributed by atoms with Crippen LogP contribution < -0.4 is 10.1 Å². The van der Waals surface area contributed by atoms with E-state index in [-0.39, 0.29) is 5.91 Å². The highest BCUT2D eigenvalue weighted by molar-refractivity contribution is 6.07. The number of fused-ring (bicyclic) bond motifs is 1. The Morgan fingerprint density at radius 2 is 1.73 bits per heavy atom. The molecule has 5 rings (SSSR count). The fourth-order valence-electron chi connectivity index (χ4n) is 4.44. The van der Waals surface area contributed by atoms with Gasteiger partial charge in [-0.2, -0.15) is 5.10 Å². The van der Waals surface area contributed by atoms with E-state index >= 15 is 0 Å². The standard InChI is InChI=1S/C31H30N4O2/c1-20(2)23-11-13-24(14-12-23)35-21(3)28(19-33-35)30-17-27(26-7-5-6-8-29(26)34-30)31(36)32-18-22-9-15-25(37-4)16-10-22/h5-17,19-20H,18H2,1-4H3,(H,32,36). The quantitative estimate of drug-likeness (QED) is 0.284. The fraction of sp³-hybridized carbons (Fsp3) is 0.194. The molecule has 0 spiro atoms. The van der Waals surface area contributed by atoms with Gasteiger partial charge in [-0.15, -0.1) is 0 Å². The number of para-hydroxylation sites is 1. The molecule has 0 saturated heterocycles. The van der Waals surface area contributed by atoms with Crippen molar-refractivity contribution in [2.45, 2.75) is 33.2 Å². The van der Waals surface area contributed by atoms with Crippen molar-refractivity contribution in [2.24, 2.45) is 0 Å². The molecule has 0 aliphatic carbocycles. The van der Waals surface area contributed by atoms with E-state index in [2.05, 4.69) is 48.5 Å². The number of benzene rings is 3. The predicted octanol–water partition coefficient (Wildman–Crippen LogP) is 6.46. The molecule has 0 saturated carbocycles. The Bertz CT molecular complexity index is 1550. The van der Waals surface area contributed by atoms with Crippen LogP contribution in [-0.2, 0) is 6.54 Å². The van der Waals surface area contributed by atoms with Gasteiger partial charge in [0.2, 0.25) is 0 Å². The van der Waals surface area contributed by atoms with Crippen molar-refractivity contribution < 1.29 is 9.53 Å². The Balaban J connectivity index is 1.47. The van der Waals surface area contributed by atoms with Gasteiger partial charge in [-0.3, -0.25) is 4.79 Å². The maximum atomic E-state index is 13.4. The SMILES string of the molecule is COc1ccc(CNC(=O)c2cc(-c3cnn(-c4ccc(C(C)C)cc4)c3C)nc3ccccc23)cc1. The highest BCUT2D eigenvalue weighted by Gasteiger charge is 2.17. The van der Waals surface area contributed by atoms with Crippen molar-refractivity contribution in [3.63, 3.8) is 0 Å². The van der Waals surface area contributed by atoms with Crippen LogP contribution in [0.4, 0.5) is 0 Å². The van der Waals surface area contributed by atoms with E-state index in [0.717, 1.165) is 44.9 Å². The number of pyridine rings is 1. The lowest BCUT2D eigenvalue weighted by Crippen LogP contribution is -2.23. The molecular formula is C31H30N4O2. The summed E-state index contributed by atoms with van der Waals surface area (Å²) in [6.07, 6.45) is 1.82. The lowest BCUT2D eigenvalue weighted by molar-refractivity contribution is 0.0952. The summed E-state index contributed by atoms with van der Waals surface area (Å²) in [5.74, 6) is 1.11. The molecule has 2 aromatic heterocycles. The summed E-state index contributed by atoms with van der Waals surface area (Å²) in [5, 5.41) is 8.52. The van der Waals surface area contributed by atoms with E-state index in [1.165, 1.54) is 5.56 Å². The Kier molecular flexibility index (Phi) is 6.73. The van der Waals surface area contributed by atoms with Gasteiger partial charge in [-0.25, -0.2) is 9.67 Å². The maximum Gasteiger partial charge on any atom is 0.252 e. The summed E-state index contributed by atoms with van der Waals surface area (Å²) in [6.45, 7) is 6.81. The van der Waals surface area contributed by atoms with Crippen LogP contribution in [0.5, 0.6) is 5.75 Å². The molecule has 0 bridgehead atoms. The maximum absolute atomic E-state index is 13.4. The molecule has 0 fully saturated rings. The van der Waals surface area contributed by atoms with Crippen LogP contribution in [0.15, 0.2) is 85.1 Å². The van der Waals surface area contributed by atoms with Gasteiger partial charge in [0.1, 0.15) is 5.75 Å². The number of rotatable bonds is 7. The highest BCUT2D eigenvalue weighted by atomic mass is 16.5. The van der Waals surface area contributed by atoms with Crippen LogP contribution in [-0.4, -0.2) is 27.8 Å². The normalized spacial score (nSPS) is 11.2. The molecule has 5 aromatic rings. The number of hydrogen-bond acceptors (Lipinski definition) is 4. The van der Waals surface area contributed by atoms with Crippen LogP contribution in [0.3, 0.4) is 0 Å². The molecule has 1 N–H and O–H groups in total. The molecule has 0 atom stereocenters. The summed E-state index contributed by atoms with van der Waals surface area (Å²) in [5.41, 5.74) is 7.20. The van der Waals surface area contributed by atoms with Crippen LogP contribution >= 0.6 is 0 Å². The van der Waals surface area contributed by atoms with Crippen LogP contribution in [0, 0.1) is 6.92 Å². The van der Waals surface area contributed by atoms with Crippen LogP contribution in [0.2, 0.25) is 0 Å². The van der Waals surface area contributed by atoms with Crippen LogP contribution in [0.1, 0.15) is 46.9 Å². The molecule has 6 nitrogen and oxygen atoms in total. The van der Waals surface area contributed by atoms with E-state index in [1.54, 1.807) is 7.11 Å². The first-order valence-corrected chi connectivity index (χ1v) is 12.4. The van der Waals surface area contributed by atoms with Gasteiger partial charge in [-0.1, -0.05) is 56.3 Å². The second kappa shape index (κ2) is 10.3. The highest BCUT2D eigenvalue weighted by Crippen LogP contribution is 2.29. The number of carbonyl (C=O) groups excluding carboxylic acids is 1. The summed E-state index contributed by atoms with van der Waals surface area (Å²) in [4.78, 5) is 18.2. The van der Waals surface area contributed by atoms with E-state index in [9.17, 15) is 4.79 Å². The summed E-state index contributed by atoms with van der Waals surface area (Å²) < 4.78 is 7.14. The van der Waals surface area contributed by atoms with Gasteiger partial charge in [0, 0.05) is 17.5 Å². The van der Waals surface area contributed by atoms with Crippen LogP contribution in [0.25, 0.3) is 27.8 Å². The molecule has 0 aliphatic heterocycles. The first kappa shape index (κ1) is 24.3. The monoisotopic (exact) mass is 490 g/mol. The molecule has 3 aromatic carbocycles. The van der Waals surface area contributed by atoms with Gasteiger partial charge >= 0.3 is 0 Å². The molecule has 0 aliphatic rings.